The Morgan fingerprint density at radius 3 is 2.19 bits per heavy atom. The maximum absolute atomic E-state index is 13.7. The molecule has 0 aliphatic rings. The minimum Gasteiger partial charge on any atom is -0.325 e. The van der Waals surface area contributed by atoms with Crippen molar-refractivity contribution in [3.05, 3.63) is 70.5 Å². The summed E-state index contributed by atoms with van der Waals surface area (Å²) in [7, 11) is -2.32. The molecular formula is C23H28N4O3S. The number of hydrogen-bond acceptors (Lipinski definition) is 4. The number of carbonyl (C=O) groups is 1. The van der Waals surface area contributed by atoms with Crippen molar-refractivity contribution in [2.75, 3.05) is 16.2 Å². The molecule has 0 saturated heterocycles. The summed E-state index contributed by atoms with van der Waals surface area (Å²) in [5.41, 5.74) is 5.11. The summed E-state index contributed by atoms with van der Waals surface area (Å²) in [5.74, 6) is -0.424. The van der Waals surface area contributed by atoms with Gasteiger partial charge in [0, 0.05) is 12.7 Å². The second-order valence-electron chi connectivity index (χ2n) is 7.82. The predicted octanol–water partition coefficient (Wildman–Crippen LogP) is 3.80. The van der Waals surface area contributed by atoms with Crippen LogP contribution < -0.4 is 9.62 Å². The maximum atomic E-state index is 13.7. The molecule has 0 spiro atoms. The minimum absolute atomic E-state index is 0.120. The van der Waals surface area contributed by atoms with Gasteiger partial charge in [0.05, 0.1) is 17.1 Å². The Hall–Kier alpha value is -3.13. The second kappa shape index (κ2) is 8.55. The zero-order valence-electron chi connectivity index (χ0n) is 18.7. The molecule has 0 aliphatic carbocycles. The van der Waals surface area contributed by atoms with E-state index >= 15 is 0 Å². The van der Waals surface area contributed by atoms with Gasteiger partial charge in [-0.15, -0.1) is 0 Å². The van der Waals surface area contributed by atoms with Crippen LogP contribution in [0.15, 0.2) is 47.4 Å². The van der Waals surface area contributed by atoms with Gasteiger partial charge in [-0.25, -0.2) is 8.42 Å². The van der Waals surface area contributed by atoms with Crippen LogP contribution in [0.5, 0.6) is 0 Å². The number of aryl methyl sites for hydroxylation is 5. The summed E-state index contributed by atoms with van der Waals surface area (Å²) in [4.78, 5) is 13.0. The van der Waals surface area contributed by atoms with E-state index in [4.69, 9.17) is 0 Å². The van der Waals surface area contributed by atoms with Crippen molar-refractivity contribution in [2.24, 2.45) is 7.05 Å². The fourth-order valence-electron chi connectivity index (χ4n) is 3.41. The highest BCUT2D eigenvalue weighted by molar-refractivity contribution is 7.93. The first-order valence-electron chi connectivity index (χ1n) is 9.97. The number of benzene rings is 2. The predicted molar refractivity (Wildman–Crippen MR) is 123 cm³/mol. The molecule has 0 aliphatic heterocycles. The van der Waals surface area contributed by atoms with E-state index in [-0.39, 0.29) is 11.4 Å². The number of aromatic nitrogens is 2. The standard InChI is InChI=1S/C23H28N4O3S/c1-15-7-11-21(12-8-15)27(31(29,30)23-18(4)25-26(6)19(23)5)14-22(28)24-20-10-9-16(2)17(3)13-20/h7-13H,14H2,1-6H3,(H,24,28). The van der Waals surface area contributed by atoms with Crippen LogP contribution in [0.3, 0.4) is 0 Å². The van der Waals surface area contributed by atoms with Gasteiger partial charge in [-0.1, -0.05) is 23.8 Å². The van der Waals surface area contributed by atoms with Crippen molar-refractivity contribution in [2.45, 2.75) is 39.5 Å². The molecule has 0 radical (unpaired) electrons. The first-order valence-corrected chi connectivity index (χ1v) is 11.4. The van der Waals surface area contributed by atoms with Gasteiger partial charge in [-0.3, -0.25) is 13.8 Å². The van der Waals surface area contributed by atoms with Crippen LogP contribution in [0.25, 0.3) is 0 Å². The maximum Gasteiger partial charge on any atom is 0.268 e. The van der Waals surface area contributed by atoms with Crippen LogP contribution in [0.1, 0.15) is 28.1 Å². The Morgan fingerprint density at radius 1 is 1.00 bits per heavy atom. The Labute approximate surface area is 183 Å². The molecule has 8 heteroatoms. The molecule has 0 fully saturated rings. The number of nitrogens with zero attached hydrogens (tertiary/aromatic N) is 3. The molecule has 1 amide bonds. The SMILES string of the molecule is Cc1ccc(N(CC(=O)Nc2ccc(C)c(C)c2)S(=O)(=O)c2c(C)nn(C)c2C)cc1. The molecule has 0 atom stereocenters. The minimum atomic E-state index is -4.02. The third-order valence-corrected chi connectivity index (χ3v) is 7.42. The normalized spacial score (nSPS) is 11.4. The summed E-state index contributed by atoms with van der Waals surface area (Å²) in [6.45, 7) is 8.88. The topological polar surface area (TPSA) is 84.3 Å². The Bertz CT molecular complexity index is 1230. The van der Waals surface area contributed by atoms with Crippen molar-refractivity contribution in [3.63, 3.8) is 0 Å². The van der Waals surface area contributed by atoms with Crippen LogP contribution in [0, 0.1) is 34.6 Å². The lowest BCUT2D eigenvalue weighted by atomic mass is 10.1. The molecule has 0 unspecified atom stereocenters. The van der Waals surface area contributed by atoms with E-state index in [1.165, 1.54) is 4.68 Å². The number of rotatable bonds is 6. The van der Waals surface area contributed by atoms with E-state index in [1.807, 2.05) is 45.0 Å². The molecule has 3 rings (SSSR count). The van der Waals surface area contributed by atoms with Crippen molar-refractivity contribution >= 4 is 27.3 Å². The number of sulfonamides is 1. The quantitative estimate of drug-likeness (QED) is 0.632. The average Bonchev–Trinajstić information content (AvgIpc) is 2.95. The highest BCUT2D eigenvalue weighted by Crippen LogP contribution is 2.28. The molecule has 1 aromatic heterocycles. The molecule has 3 aromatic rings. The average molecular weight is 441 g/mol. The van der Waals surface area contributed by atoms with Crippen molar-refractivity contribution in [3.8, 4) is 0 Å². The van der Waals surface area contributed by atoms with Crippen LogP contribution >= 0.6 is 0 Å². The van der Waals surface area contributed by atoms with Crippen molar-refractivity contribution in [1.29, 1.82) is 0 Å². The largest absolute Gasteiger partial charge is 0.325 e. The molecule has 31 heavy (non-hydrogen) atoms. The zero-order valence-corrected chi connectivity index (χ0v) is 19.5. The number of anilines is 2. The monoisotopic (exact) mass is 440 g/mol. The van der Waals surface area contributed by atoms with E-state index < -0.39 is 15.9 Å². The van der Waals surface area contributed by atoms with Crippen LogP contribution in [0.4, 0.5) is 11.4 Å². The number of carbonyl (C=O) groups excluding carboxylic acids is 1. The van der Waals surface area contributed by atoms with Gasteiger partial charge in [-0.05, 0) is 70.0 Å². The van der Waals surface area contributed by atoms with Crippen molar-refractivity contribution < 1.29 is 13.2 Å². The van der Waals surface area contributed by atoms with E-state index in [0.29, 0.717) is 22.8 Å². The van der Waals surface area contributed by atoms with E-state index in [2.05, 4.69) is 10.4 Å². The van der Waals surface area contributed by atoms with Crippen LogP contribution in [0.2, 0.25) is 0 Å². The van der Waals surface area contributed by atoms with Gasteiger partial charge in [-0.2, -0.15) is 5.10 Å². The smallest absolute Gasteiger partial charge is 0.268 e. The highest BCUT2D eigenvalue weighted by Gasteiger charge is 2.32. The fourth-order valence-corrected chi connectivity index (χ4v) is 5.24. The number of amides is 1. The summed E-state index contributed by atoms with van der Waals surface area (Å²) in [6, 6.07) is 12.6. The van der Waals surface area contributed by atoms with Crippen molar-refractivity contribution in [1.82, 2.24) is 9.78 Å². The number of hydrogen-bond donors (Lipinski definition) is 1. The van der Waals surface area contributed by atoms with Gasteiger partial charge < -0.3 is 5.32 Å². The third-order valence-electron chi connectivity index (χ3n) is 5.39. The lowest BCUT2D eigenvalue weighted by Gasteiger charge is -2.24. The molecule has 7 nitrogen and oxygen atoms in total. The zero-order chi connectivity index (χ0) is 22.9. The summed E-state index contributed by atoms with van der Waals surface area (Å²) < 4.78 is 30.0. The van der Waals surface area contributed by atoms with Crippen LogP contribution in [-0.2, 0) is 21.9 Å². The first-order chi connectivity index (χ1) is 14.5. The molecule has 0 saturated carbocycles. The van der Waals surface area contributed by atoms with Gasteiger partial charge in [0.15, 0.2) is 0 Å². The van der Waals surface area contributed by atoms with Gasteiger partial charge in [0.25, 0.3) is 10.0 Å². The highest BCUT2D eigenvalue weighted by atomic mass is 32.2. The molecule has 1 heterocycles. The van der Waals surface area contributed by atoms with Gasteiger partial charge >= 0.3 is 0 Å². The molecular weight excluding hydrogens is 412 g/mol. The van der Waals surface area contributed by atoms with Gasteiger partial charge in [0.2, 0.25) is 5.91 Å². The Kier molecular flexibility index (Phi) is 6.22. The summed E-state index contributed by atoms with van der Waals surface area (Å²) >= 11 is 0. The van der Waals surface area contributed by atoms with Crippen LogP contribution in [-0.4, -0.2) is 30.7 Å². The summed E-state index contributed by atoms with van der Waals surface area (Å²) in [5, 5.41) is 7.06. The molecule has 1 N–H and O–H groups in total. The van der Waals surface area contributed by atoms with E-state index in [0.717, 1.165) is 21.0 Å². The first kappa shape index (κ1) is 22.6. The lowest BCUT2D eigenvalue weighted by molar-refractivity contribution is -0.114. The fraction of sp³-hybridized carbons (Fsp3) is 0.304. The van der Waals surface area contributed by atoms with Gasteiger partial charge in [0.1, 0.15) is 11.4 Å². The second-order valence-corrected chi connectivity index (χ2v) is 9.62. The Morgan fingerprint density at radius 2 is 1.65 bits per heavy atom. The molecule has 0 bridgehead atoms. The van der Waals surface area contributed by atoms with E-state index in [1.54, 1.807) is 39.1 Å². The number of nitrogens with one attached hydrogen (secondary N) is 1. The third kappa shape index (κ3) is 4.64. The Balaban J connectivity index is 1.99. The molecule has 164 valence electrons. The lowest BCUT2D eigenvalue weighted by Crippen LogP contribution is -2.38. The van der Waals surface area contributed by atoms with E-state index in [9.17, 15) is 13.2 Å². The summed E-state index contributed by atoms with van der Waals surface area (Å²) in [6.07, 6.45) is 0. The molecule has 2 aromatic carbocycles.